The van der Waals surface area contributed by atoms with Crippen molar-refractivity contribution in [2.24, 2.45) is 0 Å². The highest BCUT2D eigenvalue weighted by Gasteiger charge is 2.15. The molecule has 1 aromatic carbocycles. The van der Waals surface area contributed by atoms with E-state index >= 15 is 0 Å². The van der Waals surface area contributed by atoms with Crippen LogP contribution in [-0.2, 0) is 0 Å². The minimum Gasteiger partial charge on any atom is -0.478 e. The second-order valence-electron chi connectivity index (χ2n) is 3.97. The SMILES string of the molecule is CCCCN(C)c1cc(C(=O)O)c(N)cc1F. The number of halogens is 1. The van der Waals surface area contributed by atoms with Crippen molar-refractivity contribution in [3.8, 4) is 0 Å². The first-order valence-corrected chi connectivity index (χ1v) is 5.50. The van der Waals surface area contributed by atoms with Crippen molar-refractivity contribution in [1.29, 1.82) is 0 Å². The van der Waals surface area contributed by atoms with Gasteiger partial charge in [-0.15, -0.1) is 0 Å². The second-order valence-corrected chi connectivity index (χ2v) is 3.97. The fourth-order valence-corrected chi connectivity index (χ4v) is 1.57. The molecule has 0 fully saturated rings. The zero-order valence-corrected chi connectivity index (χ0v) is 10.0. The third kappa shape index (κ3) is 3.09. The van der Waals surface area contributed by atoms with Crippen LogP contribution in [0.5, 0.6) is 0 Å². The van der Waals surface area contributed by atoms with Gasteiger partial charge in [0.25, 0.3) is 0 Å². The van der Waals surface area contributed by atoms with E-state index in [0.29, 0.717) is 6.54 Å². The van der Waals surface area contributed by atoms with Gasteiger partial charge in [0.1, 0.15) is 5.82 Å². The zero-order valence-electron chi connectivity index (χ0n) is 10.0. The van der Waals surface area contributed by atoms with E-state index < -0.39 is 11.8 Å². The Morgan fingerprint density at radius 1 is 1.53 bits per heavy atom. The molecular weight excluding hydrogens is 223 g/mol. The van der Waals surface area contributed by atoms with Crippen molar-refractivity contribution in [2.75, 3.05) is 24.2 Å². The largest absolute Gasteiger partial charge is 0.478 e. The highest BCUT2D eigenvalue weighted by Crippen LogP contribution is 2.25. The van der Waals surface area contributed by atoms with E-state index in [1.807, 2.05) is 6.92 Å². The van der Waals surface area contributed by atoms with E-state index in [1.165, 1.54) is 6.07 Å². The molecule has 0 aliphatic carbocycles. The lowest BCUT2D eigenvalue weighted by atomic mass is 10.1. The minimum atomic E-state index is -1.15. The number of aromatic carboxylic acids is 1. The molecule has 0 saturated heterocycles. The van der Waals surface area contributed by atoms with E-state index in [-0.39, 0.29) is 16.9 Å². The van der Waals surface area contributed by atoms with E-state index in [4.69, 9.17) is 10.8 Å². The average molecular weight is 240 g/mol. The molecule has 0 atom stereocenters. The Labute approximate surface area is 99.8 Å². The smallest absolute Gasteiger partial charge is 0.337 e. The molecular formula is C12H17FN2O2. The molecule has 1 rings (SSSR count). The number of anilines is 2. The number of carboxylic acids is 1. The monoisotopic (exact) mass is 240 g/mol. The average Bonchev–Trinajstić information content (AvgIpc) is 2.25. The summed E-state index contributed by atoms with van der Waals surface area (Å²) in [6.45, 7) is 2.71. The van der Waals surface area contributed by atoms with Gasteiger partial charge in [0.05, 0.1) is 11.3 Å². The van der Waals surface area contributed by atoms with Crippen molar-refractivity contribution >= 4 is 17.3 Å². The first kappa shape index (κ1) is 13.3. The van der Waals surface area contributed by atoms with Crippen molar-refractivity contribution in [3.05, 3.63) is 23.5 Å². The third-order valence-electron chi connectivity index (χ3n) is 2.61. The van der Waals surface area contributed by atoms with E-state index in [0.717, 1.165) is 18.9 Å². The second kappa shape index (κ2) is 5.52. The van der Waals surface area contributed by atoms with Crippen LogP contribution >= 0.6 is 0 Å². The number of carboxylic acid groups (broad SMARTS) is 1. The van der Waals surface area contributed by atoms with Crippen LogP contribution in [0.3, 0.4) is 0 Å². The van der Waals surface area contributed by atoms with Gasteiger partial charge < -0.3 is 15.7 Å². The molecule has 0 aliphatic rings. The molecule has 0 aromatic heterocycles. The van der Waals surface area contributed by atoms with Gasteiger partial charge in [-0.05, 0) is 18.6 Å². The summed E-state index contributed by atoms with van der Waals surface area (Å²) >= 11 is 0. The normalized spacial score (nSPS) is 10.3. The Morgan fingerprint density at radius 3 is 2.71 bits per heavy atom. The van der Waals surface area contributed by atoms with E-state index in [9.17, 15) is 9.18 Å². The highest BCUT2D eigenvalue weighted by atomic mass is 19.1. The van der Waals surface area contributed by atoms with Crippen LogP contribution in [0.1, 0.15) is 30.1 Å². The third-order valence-corrected chi connectivity index (χ3v) is 2.61. The molecule has 5 heteroatoms. The van der Waals surface area contributed by atoms with Gasteiger partial charge in [-0.2, -0.15) is 0 Å². The predicted octanol–water partition coefficient (Wildman–Crippen LogP) is 2.34. The Balaban J connectivity index is 3.06. The molecule has 0 bridgehead atoms. The van der Waals surface area contributed by atoms with Crippen LogP contribution in [-0.4, -0.2) is 24.7 Å². The number of carbonyl (C=O) groups is 1. The molecule has 4 nitrogen and oxygen atoms in total. The van der Waals surface area contributed by atoms with Gasteiger partial charge in [-0.25, -0.2) is 9.18 Å². The molecule has 0 unspecified atom stereocenters. The van der Waals surface area contributed by atoms with E-state index in [2.05, 4.69) is 0 Å². The summed E-state index contributed by atoms with van der Waals surface area (Å²) in [5, 5.41) is 8.92. The predicted molar refractivity (Wildman–Crippen MR) is 65.9 cm³/mol. The number of hydrogen-bond donors (Lipinski definition) is 2. The Kier molecular flexibility index (Phi) is 4.31. The maximum absolute atomic E-state index is 13.7. The molecule has 0 amide bonds. The number of unbranched alkanes of at least 4 members (excludes halogenated alkanes) is 1. The topological polar surface area (TPSA) is 66.6 Å². The molecule has 1 aromatic rings. The van der Waals surface area contributed by atoms with Crippen LogP contribution < -0.4 is 10.6 Å². The minimum absolute atomic E-state index is 0.0531. The van der Waals surface area contributed by atoms with Crippen molar-refractivity contribution < 1.29 is 14.3 Å². The van der Waals surface area contributed by atoms with E-state index in [1.54, 1.807) is 11.9 Å². The molecule has 0 aliphatic heterocycles. The first-order valence-electron chi connectivity index (χ1n) is 5.50. The van der Waals surface area contributed by atoms with Crippen molar-refractivity contribution in [1.82, 2.24) is 0 Å². The quantitative estimate of drug-likeness (QED) is 0.775. The van der Waals surface area contributed by atoms with Crippen LogP contribution in [0.25, 0.3) is 0 Å². The lowest BCUT2D eigenvalue weighted by Gasteiger charge is -2.20. The van der Waals surface area contributed by atoms with Gasteiger partial charge in [-0.1, -0.05) is 13.3 Å². The summed E-state index contributed by atoms with van der Waals surface area (Å²) in [5.41, 5.74) is 5.60. The van der Waals surface area contributed by atoms with Crippen LogP contribution in [0.2, 0.25) is 0 Å². The lowest BCUT2D eigenvalue weighted by molar-refractivity contribution is 0.0698. The fourth-order valence-electron chi connectivity index (χ4n) is 1.57. The summed E-state index contributed by atoms with van der Waals surface area (Å²) in [6, 6.07) is 2.34. The maximum Gasteiger partial charge on any atom is 0.337 e. The van der Waals surface area contributed by atoms with Gasteiger partial charge in [0, 0.05) is 19.3 Å². The number of benzene rings is 1. The van der Waals surface area contributed by atoms with Gasteiger partial charge in [0.2, 0.25) is 0 Å². The van der Waals surface area contributed by atoms with Gasteiger partial charge in [0.15, 0.2) is 0 Å². The number of nitrogens with zero attached hydrogens (tertiary/aromatic N) is 1. The summed E-state index contributed by atoms with van der Waals surface area (Å²) < 4.78 is 13.7. The summed E-state index contributed by atoms with van der Waals surface area (Å²) in [5.74, 6) is -1.64. The molecule has 17 heavy (non-hydrogen) atoms. The van der Waals surface area contributed by atoms with Gasteiger partial charge in [-0.3, -0.25) is 0 Å². The molecule has 3 N–H and O–H groups in total. The maximum atomic E-state index is 13.7. The Morgan fingerprint density at radius 2 is 2.18 bits per heavy atom. The first-order chi connectivity index (χ1) is 7.97. The van der Waals surface area contributed by atoms with Crippen molar-refractivity contribution in [2.45, 2.75) is 19.8 Å². The number of rotatable bonds is 5. The van der Waals surface area contributed by atoms with Gasteiger partial charge >= 0.3 is 5.97 Å². The molecule has 94 valence electrons. The number of nitrogens with two attached hydrogens (primary N) is 1. The van der Waals surface area contributed by atoms with Crippen molar-refractivity contribution in [3.63, 3.8) is 0 Å². The Bertz CT molecular complexity index is 421. The zero-order chi connectivity index (χ0) is 13.0. The Hall–Kier alpha value is -1.78. The van der Waals surface area contributed by atoms with Crippen LogP contribution in [0, 0.1) is 5.82 Å². The number of nitrogen functional groups attached to an aromatic ring is 1. The molecule has 0 heterocycles. The fraction of sp³-hybridized carbons (Fsp3) is 0.417. The lowest BCUT2D eigenvalue weighted by Crippen LogP contribution is -2.20. The number of hydrogen-bond acceptors (Lipinski definition) is 3. The van der Waals surface area contributed by atoms with Crippen LogP contribution in [0.4, 0.5) is 15.8 Å². The molecule has 0 spiro atoms. The summed E-state index contributed by atoms with van der Waals surface area (Å²) in [6.07, 6.45) is 1.91. The molecule has 0 saturated carbocycles. The van der Waals surface area contributed by atoms with Crippen LogP contribution in [0.15, 0.2) is 12.1 Å². The molecule has 0 radical (unpaired) electrons. The summed E-state index contributed by atoms with van der Waals surface area (Å²) in [7, 11) is 1.73. The summed E-state index contributed by atoms with van der Waals surface area (Å²) in [4.78, 5) is 12.6. The highest BCUT2D eigenvalue weighted by molar-refractivity contribution is 5.94. The standard InChI is InChI=1S/C12H17FN2O2/c1-3-4-5-15(2)11-6-8(12(16)17)10(14)7-9(11)13/h6-7H,3-5,14H2,1-2H3,(H,16,17).